The zero-order valence-corrected chi connectivity index (χ0v) is 17.1. The number of carbonyl (C=O) groups is 1. The maximum Gasteiger partial charge on any atom is 0.230 e. The van der Waals surface area contributed by atoms with Crippen LogP contribution in [0.25, 0.3) is 0 Å². The molecule has 1 aromatic carbocycles. The van der Waals surface area contributed by atoms with Crippen LogP contribution in [0.2, 0.25) is 0 Å². The van der Waals surface area contributed by atoms with Crippen molar-refractivity contribution in [2.24, 2.45) is 0 Å². The number of thiazole rings is 1. The zero-order valence-electron chi connectivity index (χ0n) is 13.8. The molecular weight excluding hydrogens is 408 g/mol. The molecule has 136 valence electrons. The van der Waals surface area contributed by atoms with Crippen molar-refractivity contribution in [2.75, 3.05) is 5.75 Å². The molecule has 0 unspecified atom stereocenters. The summed E-state index contributed by atoms with van der Waals surface area (Å²) in [6, 6.07) is 10.5. The van der Waals surface area contributed by atoms with Gasteiger partial charge in [-0.1, -0.05) is 23.8 Å². The molecule has 0 saturated heterocycles. The lowest BCUT2D eigenvalue weighted by Crippen LogP contribution is -2.24. The molecule has 26 heavy (non-hydrogen) atoms. The van der Waals surface area contributed by atoms with E-state index in [1.807, 2.05) is 24.4 Å². The zero-order chi connectivity index (χ0) is 18.6. The van der Waals surface area contributed by atoms with Gasteiger partial charge in [0.1, 0.15) is 0 Å². The van der Waals surface area contributed by atoms with Crippen molar-refractivity contribution in [1.29, 1.82) is 0 Å². The van der Waals surface area contributed by atoms with Crippen molar-refractivity contribution in [1.82, 2.24) is 10.3 Å². The van der Waals surface area contributed by atoms with E-state index in [1.54, 1.807) is 35.6 Å². The first-order valence-electron chi connectivity index (χ1n) is 7.64. The van der Waals surface area contributed by atoms with Gasteiger partial charge in [-0.05, 0) is 30.5 Å². The van der Waals surface area contributed by atoms with Crippen LogP contribution in [0.15, 0.2) is 61.4 Å². The highest BCUT2D eigenvalue weighted by atomic mass is 32.2. The number of thioether (sulfide) groups is 1. The lowest BCUT2D eigenvalue weighted by atomic mass is 10.2. The Morgan fingerprint density at radius 3 is 2.65 bits per heavy atom. The van der Waals surface area contributed by atoms with Crippen LogP contribution < -0.4 is 5.32 Å². The minimum atomic E-state index is -3.69. The first-order chi connectivity index (χ1) is 12.5. The molecule has 0 fully saturated rings. The highest BCUT2D eigenvalue weighted by Crippen LogP contribution is 2.33. The molecule has 9 heteroatoms. The molecule has 0 aliphatic heterocycles. The molecule has 0 aliphatic carbocycles. The minimum absolute atomic E-state index is 0.0161. The van der Waals surface area contributed by atoms with E-state index in [0.29, 0.717) is 10.8 Å². The summed E-state index contributed by atoms with van der Waals surface area (Å²) in [5.41, 5.74) is 2.48. The standard InChI is InChI=1S/C17H16N2O3S4/c1-12-4-6-14(7-5-12)26(21,22)16-17(25-11-19-16)24-10-15(20)18-9-13-3-2-8-23-13/h2-8,11H,9-10H2,1H3,(H,18,20). The second-order valence-corrected chi connectivity index (χ2v) is 10.4. The number of aryl methyl sites for hydroxylation is 1. The smallest absolute Gasteiger partial charge is 0.230 e. The summed E-state index contributed by atoms with van der Waals surface area (Å²) in [4.78, 5) is 17.3. The van der Waals surface area contributed by atoms with Crippen LogP contribution in [0.4, 0.5) is 0 Å². The first-order valence-corrected chi connectivity index (χ1v) is 11.9. The fourth-order valence-electron chi connectivity index (χ4n) is 2.11. The molecule has 0 radical (unpaired) electrons. The lowest BCUT2D eigenvalue weighted by Gasteiger charge is -2.06. The number of rotatable bonds is 7. The number of nitrogens with zero attached hydrogens (tertiary/aromatic N) is 1. The summed E-state index contributed by atoms with van der Waals surface area (Å²) in [6.45, 7) is 2.38. The predicted octanol–water partition coefficient (Wildman–Crippen LogP) is 3.75. The van der Waals surface area contributed by atoms with Gasteiger partial charge in [0.05, 0.1) is 26.9 Å². The fraction of sp³-hybridized carbons (Fsp3) is 0.176. The largest absolute Gasteiger partial charge is 0.350 e. The van der Waals surface area contributed by atoms with E-state index >= 15 is 0 Å². The van der Waals surface area contributed by atoms with Crippen molar-refractivity contribution < 1.29 is 13.2 Å². The molecule has 1 amide bonds. The molecule has 0 spiro atoms. The van der Waals surface area contributed by atoms with Crippen molar-refractivity contribution in [3.8, 4) is 0 Å². The summed E-state index contributed by atoms with van der Waals surface area (Å²) in [5.74, 6) is -0.000227. The Balaban J connectivity index is 1.66. The third-order valence-electron chi connectivity index (χ3n) is 3.46. The van der Waals surface area contributed by atoms with E-state index in [0.717, 1.165) is 10.4 Å². The summed E-state index contributed by atoms with van der Waals surface area (Å²) >= 11 is 4.00. The Morgan fingerprint density at radius 2 is 1.96 bits per heavy atom. The molecule has 5 nitrogen and oxygen atoms in total. The second-order valence-electron chi connectivity index (χ2n) is 5.41. The number of hydrogen-bond acceptors (Lipinski definition) is 7. The van der Waals surface area contributed by atoms with Gasteiger partial charge in [-0.15, -0.1) is 34.4 Å². The van der Waals surface area contributed by atoms with E-state index in [2.05, 4.69) is 10.3 Å². The maximum atomic E-state index is 12.8. The van der Waals surface area contributed by atoms with Crippen LogP contribution in [-0.4, -0.2) is 25.1 Å². The predicted molar refractivity (Wildman–Crippen MR) is 106 cm³/mol. The van der Waals surface area contributed by atoms with Crippen LogP contribution in [0.1, 0.15) is 10.4 Å². The molecule has 0 atom stereocenters. The van der Waals surface area contributed by atoms with Crippen molar-refractivity contribution in [3.63, 3.8) is 0 Å². The molecular formula is C17H16N2O3S4. The molecule has 0 aliphatic rings. The number of benzene rings is 1. The third kappa shape index (κ3) is 4.53. The number of carbonyl (C=O) groups excluding carboxylic acids is 1. The van der Waals surface area contributed by atoms with Gasteiger partial charge < -0.3 is 5.32 Å². The SMILES string of the molecule is Cc1ccc(S(=O)(=O)c2ncsc2SCC(=O)NCc2cccs2)cc1. The number of aromatic nitrogens is 1. The molecule has 2 heterocycles. The minimum Gasteiger partial charge on any atom is -0.350 e. The van der Waals surface area contributed by atoms with Crippen LogP contribution in [-0.2, 0) is 21.2 Å². The van der Waals surface area contributed by atoms with Gasteiger partial charge in [-0.3, -0.25) is 4.79 Å². The summed E-state index contributed by atoms with van der Waals surface area (Å²) in [7, 11) is -3.69. The van der Waals surface area contributed by atoms with Crippen LogP contribution >= 0.6 is 34.4 Å². The van der Waals surface area contributed by atoms with Gasteiger partial charge in [0.25, 0.3) is 0 Å². The number of hydrogen-bond donors (Lipinski definition) is 1. The summed E-state index contributed by atoms with van der Waals surface area (Å²) in [6.07, 6.45) is 0. The summed E-state index contributed by atoms with van der Waals surface area (Å²) in [5, 5.41) is 4.80. The van der Waals surface area contributed by atoms with E-state index in [-0.39, 0.29) is 21.6 Å². The van der Waals surface area contributed by atoms with Crippen molar-refractivity contribution in [2.45, 2.75) is 27.6 Å². The van der Waals surface area contributed by atoms with E-state index < -0.39 is 9.84 Å². The molecule has 0 bridgehead atoms. The number of nitrogens with one attached hydrogen (secondary N) is 1. The van der Waals surface area contributed by atoms with E-state index in [9.17, 15) is 13.2 Å². The topological polar surface area (TPSA) is 76.1 Å². The molecule has 0 saturated carbocycles. The Hall–Kier alpha value is -1.68. The average molecular weight is 425 g/mol. The van der Waals surface area contributed by atoms with Gasteiger partial charge in [-0.25, -0.2) is 13.4 Å². The molecule has 3 rings (SSSR count). The number of sulfone groups is 1. The van der Waals surface area contributed by atoms with Crippen molar-refractivity contribution in [3.05, 3.63) is 57.7 Å². The highest BCUT2D eigenvalue weighted by Gasteiger charge is 2.25. The van der Waals surface area contributed by atoms with Crippen LogP contribution in [0.5, 0.6) is 0 Å². The monoisotopic (exact) mass is 424 g/mol. The molecule has 1 N–H and O–H groups in total. The molecule has 3 aromatic rings. The van der Waals surface area contributed by atoms with Gasteiger partial charge in [-0.2, -0.15) is 0 Å². The Labute approximate surface area is 164 Å². The van der Waals surface area contributed by atoms with E-state index in [1.165, 1.54) is 28.6 Å². The quantitative estimate of drug-likeness (QED) is 0.585. The third-order valence-corrected chi connectivity index (χ3v) is 8.43. The fourth-order valence-corrected chi connectivity index (χ4v) is 6.46. The van der Waals surface area contributed by atoms with Gasteiger partial charge in [0.2, 0.25) is 15.7 Å². The normalized spacial score (nSPS) is 11.4. The van der Waals surface area contributed by atoms with Gasteiger partial charge in [0, 0.05) is 4.88 Å². The molecule has 2 aromatic heterocycles. The summed E-state index contributed by atoms with van der Waals surface area (Å²) < 4.78 is 26.1. The van der Waals surface area contributed by atoms with Gasteiger partial charge in [0.15, 0.2) is 5.03 Å². The number of amides is 1. The van der Waals surface area contributed by atoms with Crippen molar-refractivity contribution >= 4 is 50.2 Å². The Kier molecular flexibility index (Phi) is 6.13. The number of thiophene rings is 1. The second kappa shape index (κ2) is 8.34. The van der Waals surface area contributed by atoms with Crippen LogP contribution in [0, 0.1) is 6.92 Å². The first kappa shape index (κ1) is 19.1. The lowest BCUT2D eigenvalue weighted by molar-refractivity contribution is -0.118. The van der Waals surface area contributed by atoms with E-state index in [4.69, 9.17) is 0 Å². The Bertz CT molecular complexity index is 977. The van der Waals surface area contributed by atoms with Gasteiger partial charge >= 0.3 is 0 Å². The Morgan fingerprint density at radius 1 is 1.19 bits per heavy atom. The maximum absolute atomic E-state index is 12.8. The van der Waals surface area contributed by atoms with Crippen LogP contribution in [0.3, 0.4) is 0 Å². The average Bonchev–Trinajstić information content (AvgIpc) is 3.30. The highest BCUT2D eigenvalue weighted by molar-refractivity contribution is 8.02.